The third-order valence-electron chi connectivity index (χ3n) is 15.1. The Hall–Kier alpha value is -2.83. The second kappa shape index (κ2) is 50.7. The molecule has 0 bridgehead atoms. The summed E-state index contributed by atoms with van der Waals surface area (Å²) in [5, 5.41) is 87.4. The summed E-state index contributed by atoms with van der Waals surface area (Å²) in [6.45, 7) is 2.74. The molecule has 0 spiro atoms. The maximum atomic E-state index is 13.3. The van der Waals surface area contributed by atoms with Gasteiger partial charge in [0.25, 0.3) is 0 Å². The highest BCUT2D eigenvalue weighted by Crippen LogP contribution is 2.30. The molecule has 9 N–H and O–H groups in total. The summed E-state index contributed by atoms with van der Waals surface area (Å²) < 4.78 is 22.9. The second-order valence-corrected chi connectivity index (χ2v) is 22.2. The molecule has 1 amide bonds. The molecule has 0 radical (unpaired) electrons. The van der Waals surface area contributed by atoms with E-state index in [4.69, 9.17) is 18.9 Å². The van der Waals surface area contributed by atoms with Gasteiger partial charge in [0.05, 0.1) is 32.0 Å². The Morgan fingerprint density at radius 2 is 0.863 bits per heavy atom. The van der Waals surface area contributed by atoms with Crippen LogP contribution in [0, 0.1) is 0 Å². The van der Waals surface area contributed by atoms with E-state index in [1.165, 1.54) is 96.3 Å². The molecule has 12 atom stereocenters. The SMILES string of the molecule is CC/C=C\C/C=C\C/C=C\C/C=C\C/C=C\C/C=C\C/C=C\CCCCCCCC(=O)NC(COC1OC(CO)C(OC2OC(CO)C(O)C(O)C2O)C(O)C1O)C(O)CCCCCCCCCCCCCCCCCCCCC. The summed E-state index contributed by atoms with van der Waals surface area (Å²) in [4.78, 5) is 13.3. The van der Waals surface area contributed by atoms with Gasteiger partial charge >= 0.3 is 0 Å². The molecule has 2 aliphatic rings. The molecule has 462 valence electrons. The lowest BCUT2D eigenvalue weighted by Gasteiger charge is -2.46. The molecule has 14 heteroatoms. The summed E-state index contributed by atoms with van der Waals surface area (Å²) in [5.41, 5.74) is 0. The number of ether oxygens (including phenoxy) is 4. The van der Waals surface area contributed by atoms with Gasteiger partial charge < -0.3 is 65.1 Å². The number of allylic oxidation sites excluding steroid dienone is 14. The van der Waals surface area contributed by atoms with Gasteiger partial charge in [-0.3, -0.25) is 4.79 Å². The minimum absolute atomic E-state index is 0.227. The van der Waals surface area contributed by atoms with Crippen LogP contribution in [-0.2, 0) is 23.7 Å². The van der Waals surface area contributed by atoms with Crippen molar-refractivity contribution in [3.8, 4) is 0 Å². The number of aliphatic hydroxyl groups is 8. The molecular weight excluding hydrogens is 1010 g/mol. The Bertz CT molecular complexity index is 1660. The van der Waals surface area contributed by atoms with Gasteiger partial charge in [0.15, 0.2) is 12.6 Å². The Morgan fingerprint density at radius 3 is 1.32 bits per heavy atom. The van der Waals surface area contributed by atoms with Crippen LogP contribution in [-0.4, -0.2) is 140 Å². The lowest BCUT2D eigenvalue weighted by Crippen LogP contribution is -2.65. The van der Waals surface area contributed by atoms with Crippen molar-refractivity contribution >= 4 is 5.91 Å². The monoisotopic (exact) mass is 1130 g/mol. The number of amides is 1. The van der Waals surface area contributed by atoms with Crippen molar-refractivity contribution in [3.63, 3.8) is 0 Å². The van der Waals surface area contributed by atoms with Gasteiger partial charge in [0, 0.05) is 6.42 Å². The maximum Gasteiger partial charge on any atom is 0.220 e. The smallest absolute Gasteiger partial charge is 0.220 e. The highest BCUT2D eigenvalue weighted by molar-refractivity contribution is 5.76. The lowest BCUT2D eigenvalue weighted by atomic mass is 9.97. The molecule has 0 aliphatic carbocycles. The fourth-order valence-electron chi connectivity index (χ4n) is 10.0. The molecule has 12 unspecified atom stereocenters. The van der Waals surface area contributed by atoms with Gasteiger partial charge in [-0.2, -0.15) is 0 Å². The Labute approximate surface area is 484 Å². The molecule has 2 aliphatic heterocycles. The van der Waals surface area contributed by atoms with Gasteiger partial charge in [0.1, 0.15) is 48.8 Å². The average Bonchev–Trinajstić information content (AvgIpc) is 3.49. The van der Waals surface area contributed by atoms with Crippen LogP contribution < -0.4 is 5.32 Å². The third kappa shape index (κ3) is 35.3. The number of carbonyl (C=O) groups excluding carboxylic acids is 1. The number of hydrogen-bond donors (Lipinski definition) is 9. The first-order chi connectivity index (χ1) is 39.1. The largest absolute Gasteiger partial charge is 0.394 e. The van der Waals surface area contributed by atoms with Crippen molar-refractivity contribution in [2.45, 2.75) is 306 Å². The van der Waals surface area contributed by atoms with Crippen LogP contribution in [0.5, 0.6) is 0 Å². The number of aliphatic hydroxyl groups excluding tert-OH is 8. The standard InChI is InChI=1S/C66H115NO13/c1-3-5-7-9-11-13-15-17-19-21-23-24-25-26-27-28-29-30-32-34-36-38-40-42-44-46-48-50-58(71)67-54(55(70)49-47-45-43-41-39-37-35-33-31-22-20-18-16-14-12-10-8-6-4-2)53-77-65-63(76)61(74)64(57(52-69)79-65)80-66-62(75)60(73)59(72)56(51-68)78-66/h5,7,11,13,17,19,23-24,26-27,29-30,34,36,54-57,59-66,68-70,72-76H,3-4,6,8-10,12,14-16,18,20-22,25,28,31-33,35,37-53H2,1-2H3,(H,67,71)/b7-5-,13-11-,19-17-,24-23-,27-26-,30-29-,36-34-. The number of unbranched alkanes of at least 4 members (excludes halogenated alkanes) is 23. The van der Waals surface area contributed by atoms with Gasteiger partial charge in [-0.15, -0.1) is 0 Å². The lowest BCUT2D eigenvalue weighted by molar-refractivity contribution is -0.359. The molecule has 0 aromatic carbocycles. The second-order valence-electron chi connectivity index (χ2n) is 22.2. The number of nitrogens with one attached hydrogen (secondary N) is 1. The number of hydrogen-bond acceptors (Lipinski definition) is 13. The average molecular weight is 1130 g/mol. The van der Waals surface area contributed by atoms with Crippen LogP contribution >= 0.6 is 0 Å². The molecule has 2 saturated heterocycles. The fraction of sp³-hybridized carbons (Fsp3) is 0.773. The van der Waals surface area contributed by atoms with E-state index in [2.05, 4.69) is 104 Å². The fourth-order valence-corrected chi connectivity index (χ4v) is 10.0. The zero-order chi connectivity index (χ0) is 58.1. The topological polar surface area (TPSA) is 228 Å². The minimum Gasteiger partial charge on any atom is -0.394 e. The zero-order valence-electron chi connectivity index (χ0n) is 49.8. The predicted molar refractivity (Wildman–Crippen MR) is 323 cm³/mol. The van der Waals surface area contributed by atoms with E-state index in [9.17, 15) is 45.6 Å². The van der Waals surface area contributed by atoms with E-state index >= 15 is 0 Å². The van der Waals surface area contributed by atoms with E-state index in [0.717, 1.165) is 103 Å². The minimum atomic E-state index is -1.79. The van der Waals surface area contributed by atoms with Crippen LogP contribution in [0.2, 0.25) is 0 Å². The van der Waals surface area contributed by atoms with E-state index < -0.39 is 86.8 Å². The molecule has 80 heavy (non-hydrogen) atoms. The summed E-state index contributed by atoms with van der Waals surface area (Å²) in [7, 11) is 0. The normalized spacial score (nSPS) is 24.8. The molecular formula is C66H115NO13. The third-order valence-corrected chi connectivity index (χ3v) is 15.1. The van der Waals surface area contributed by atoms with Crippen molar-refractivity contribution in [2.75, 3.05) is 19.8 Å². The Balaban J connectivity index is 1.74. The van der Waals surface area contributed by atoms with Crippen LogP contribution in [0.3, 0.4) is 0 Å². The van der Waals surface area contributed by atoms with Crippen molar-refractivity contribution < 1.29 is 64.6 Å². The van der Waals surface area contributed by atoms with Crippen LogP contribution in [0.4, 0.5) is 0 Å². The summed E-state index contributed by atoms with van der Waals surface area (Å²) >= 11 is 0. The quantitative estimate of drug-likeness (QED) is 0.0204. The highest BCUT2D eigenvalue weighted by Gasteiger charge is 2.51. The van der Waals surface area contributed by atoms with Crippen molar-refractivity contribution in [1.29, 1.82) is 0 Å². The van der Waals surface area contributed by atoms with E-state index in [-0.39, 0.29) is 18.9 Å². The molecule has 0 aromatic rings. The Kier molecular flexibility index (Phi) is 46.4. The maximum absolute atomic E-state index is 13.3. The zero-order valence-corrected chi connectivity index (χ0v) is 49.8. The van der Waals surface area contributed by atoms with Crippen LogP contribution in [0.1, 0.15) is 232 Å². The van der Waals surface area contributed by atoms with E-state index in [0.29, 0.717) is 12.8 Å². The molecule has 14 nitrogen and oxygen atoms in total. The van der Waals surface area contributed by atoms with Gasteiger partial charge in [-0.1, -0.05) is 240 Å². The van der Waals surface area contributed by atoms with Gasteiger partial charge in [0.2, 0.25) is 5.91 Å². The van der Waals surface area contributed by atoms with Gasteiger partial charge in [-0.25, -0.2) is 0 Å². The van der Waals surface area contributed by atoms with Crippen molar-refractivity contribution in [3.05, 3.63) is 85.1 Å². The summed E-state index contributed by atoms with van der Waals surface area (Å²) in [6, 6.07) is -0.846. The highest BCUT2D eigenvalue weighted by atomic mass is 16.7. The summed E-state index contributed by atoms with van der Waals surface area (Å²) in [6.07, 6.45) is 51.4. The van der Waals surface area contributed by atoms with Crippen LogP contribution in [0.15, 0.2) is 85.1 Å². The van der Waals surface area contributed by atoms with E-state index in [1.807, 2.05) is 0 Å². The van der Waals surface area contributed by atoms with Crippen molar-refractivity contribution in [2.24, 2.45) is 0 Å². The first kappa shape index (κ1) is 73.3. The molecule has 2 fully saturated rings. The molecule has 2 heterocycles. The first-order valence-corrected chi connectivity index (χ1v) is 31.8. The van der Waals surface area contributed by atoms with Crippen molar-refractivity contribution in [1.82, 2.24) is 5.32 Å². The van der Waals surface area contributed by atoms with E-state index in [1.54, 1.807) is 0 Å². The number of carbonyl (C=O) groups is 1. The first-order valence-electron chi connectivity index (χ1n) is 31.8. The van der Waals surface area contributed by atoms with Crippen LogP contribution in [0.25, 0.3) is 0 Å². The Morgan fingerprint density at radius 1 is 0.463 bits per heavy atom. The molecule has 2 rings (SSSR count). The predicted octanol–water partition coefficient (Wildman–Crippen LogP) is 11.7. The number of rotatable bonds is 50. The molecule has 0 saturated carbocycles. The van der Waals surface area contributed by atoms with Gasteiger partial charge in [-0.05, 0) is 70.6 Å². The molecule has 0 aromatic heterocycles. The summed E-state index contributed by atoms with van der Waals surface area (Å²) in [5.74, 6) is -0.227.